The number of benzene rings is 1. The molecule has 2 heterocycles. The molecular formula is C16H17N3S. The second kappa shape index (κ2) is 4.87. The molecule has 0 radical (unpaired) electrons. The maximum atomic E-state index is 4.44. The van der Waals surface area contributed by atoms with E-state index in [0.717, 1.165) is 21.7 Å². The molecule has 0 aliphatic heterocycles. The summed E-state index contributed by atoms with van der Waals surface area (Å²) >= 11 is 1.72. The van der Waals surface area contributed by atoms with Crippen LogP contribution in [-0.4, -0.2) is 9.97 Å². The molecule has 1 N–H and O–H groups in total. The van der Waals surface area contributed by atoms with Gasteiger partial charge in [-0.15, -0.1) is 11.3 Å². The molecule has 0 bridgehead atoms. The Hall–Kier alpha value is -1.94. The number of nitrogens with one attached hydrogen (secondary N) is 1. The van der Waals surface area contributed by atoms with Crippen LogP contribution in [0.1, 0.15) is 21.6 Å². The Balaban J connectivity index is 2.16. The Bertz CT molecular complexity index is 770. The van der Waals surface area contributed by atoms with Crippen LogP contribution < -0.4 is 5.32 Å². The molecule has 0 amide bonds. The fourth-order valence-corrected chi connectivity index (χ4v) is 3.40. The largest absolute Gasteiger partial charge is 0.339 e. The monoisotopic (exact) mass is 283 g/mol. The molecule has 4 heteroatoms. The first-order chi connectivity index (χ1) is 9.58. The highest BCUT2D eigenvalue weighted by atomic mass is 32.1. The zero-order chi connectivity index (χ0) is 14.3. The van der Waals surface area contributed by atoms with Crippen molar-refractivity contribution in [3.8, 4) is 0 Å². The maximum absolute atomic E-state index is 4.44. The Kier molecular flexibility index (Phi) is 3.18. The molecule has 0 atom stereocenters. The van der Waals surface area contributed by atoms with E-state index in [1.165, 1.54) is 21.6 Å². The number of anilines is 2. The van der Waals surface area contributed by atoms with Crippen molar-refractivity contribution < 1.29 is 0 Å². The molecule has 0 unspecified atom stereocenters. The lowest BCUT2D eigenvalue weighted by atomic mass is 10.1. The van der Waals surface area contributed by atoms with Crippen LogP contribution in [-0.2, 0) is 0 Å². The number of nitrogens with zero attached hydrogens (tertiary/aromatic N) is 2. The van der Waals surface area contributed by atoms with Crippen molar-refractivity contribution in [2.45, 2.75) is 27.7 Å². The van der Waals surface area contributed by atoms with Crippen molar-refractivity contribution >= 4 is 33.1 Å². The van der Waals surface area contributed by atoms with Gasteiger partial charge < -0.3 is 5.32 Å². The fourth-order valence-electron chi connectivity index (χ4n) is 2.41. The number of para-hydroxylation sites is 1. The summed E-state index contributed by atoms with van der Waals surface area (Å²) in [6, 6.07) is 6.30. The van der Waals surface area contributed by atoms with Gasteiger partial charge in [-0.2, -0.15) is 0 Å². The number of aryl methyl sites for hydroxylation is 4. The van der Waals surface area contributed by atoms with Crippen LogP contribution in [0.3, 0.4) is 0 Å². The van der Waals surface area contributed by atoms with Crippen molar-refractivity contribution in [3.63, 3.8) is 0 Å². The predicted octanol–water partition coefficient (Wildman–Crippen LogP) is 4.67. The average Bonchev–Trinajstić information content (AvgIpc) is 2.71. The first-order valence-electron chi connectivity index (χ1n) is 6.62. The van der Waals surface area contributed by atoms with E-state index < -0.39 is 0 Å². The van der Waals surface area contributed by atoms with Crippen molar-refractivity contribution in [1.29, 1.82) is 0 Å². The van der Waals surface area contributed by atoms with Gasteiger partial charge in [0.2, 0.25) is 0 Å². The minimum atomic E-state index is 0.897. The average molecular weight is 283 g/mol. The third kappa shape index (κ3) is 2.06. The quantitative estimate of drug-likeness (QED) is 0.742. The van der Waals surface area contributed by atoms with Gasteiger partial charge in [-0.25, -0.2) is 9.97 Å². The van der Waals surface area contributed by atoms with Crippen molar-refractivity contribution in [2.24, 2.45) is 0 Å². The van der Waals surface area contributed by atoms with E-state index in [1.807, 2.05) is 0 Å². The second-order valence-electron chi connectivity index (χ2n) is 5.08. The number of thiophene rings is 1. The number of fused-ring (bicyclic) bond motifs is 1. The van der Waals surface area contributed by atoms with E-state index in [2.05, 4.69) is 61.2 Å². The summed E-state index contributed by atoms with van der Waals surface area (Å²) in [6.07, 6.45) is 1.63. The maximum Gasteiger partial charge on any atom is 0.142 e. The topological polar surface area (TPSA) is 37.8 Å². The van der Waals surface area contributed by atoms with Gasteiger partial charge in [0, 0.05) is 10.6 Å². The molecular weight excluding hydrogens is 266 g/mol. The zero-order valence-electron chi connectivity index (χ0n) is 12.1. The fraction of sp³-hybridized carbons (Fsp3) is 0.250. The summed E-state index contributed by atoms with van der Waals surface area (Å²) in [7, 11) is 0. The Morgan fingerprint density at radius 2 is 1.70 bits per heavy atom. The lowest BCUT2D eigenvalue weighted by molar-refractivity contribution is 1.22. The lowest BCUT2D eigenvalue weighted by Gasteiger charge is -2.12. The summed E-state index contributed by atoms with van der Waals surface area (Å²) < 4.78 is 0. The van der Waals surface area contributed by atoms with Crippen LogP contribution in [0.5, 0.6) is 0 Å². The highest BCUT2D eigenvalue weighted by molar-refractivity contribution is 7.18. The Morgan fingerprint density at radius 1 is 1.00 bits per heavy atom. The van der Waals surface area contributed by atoms with Crippen LogP contribution in [0.25, 0.3) is 10.2 Å². The van der Waals surface area contributed by atoms with E-state index >= 15 is 0 Å². The number of aromatic nitrogens is 2. The van der Waals surface area contributed by atoms with Crippen LogP contribution in [0.4, 0.5) is 11.5 Å². The molecule has 1 aromatic carbocycles. The first-order valence-corrected chi connectivity index (χ1v) is 7.43. The van der Waals surface area contributed by atoms with E-state index in [4.69, 9.17) is 0 Å². The normalized spacial score (nSPS) is 11.0. The molecule has 0 saturated heterocycles. The van der Waals surface area contributed by atoms with Gasteiger partial charge in [-0.1, -0.05) is 18.2 Å². The molecule has 0 aliphatic carbocycles. The van der Waals surface area contributed by atoms with Crippen molar-refractivity contribution in [2.75, 3.05) is 5.32 Å². The van der Waals surface area contributed by atoms with Gasteiger partial charge in [-0.05, 0) is 44.4 Å². The summed E-state index contributed by atoms with van der Waals surface area (Å²) in [5.41, 5.74) is 4.85. The highest BCUT2D eigenvalue weighted by Gasteiger charge is 2.13. The van der Waals surface area contributed by atoms with Gasteiger partial charge in [0.25, 0.3) is 0 Å². The van der Waals surface area contributed by atoms with Gasteiger partial charge in [0.15, 0.2) is 0 Å². The number of hydrogen-bond acceptors (Lipinski definition) is 4. The minimum absolute atomic E-state index is 0.897. The van der Waals surface area contributed by atoms with Crippen LogP contribution in [0.2, 0.25) is 0 Å². The lowest BCUT2D eigenvalue weighted by Crippen LogP contribution is -1.99. The second-order valence-corrected chi connectivity index (χ2v) is 6.28. The minimum Gasteiger partial charge on any atom is -0.339 e. The summed E-state index contributed by atoms with van der Waals surface area (Å²) in [5, 5.41) is 4.63. The summed E-state index contributed by atoms with van der Waals surface area (Å²) in [6.45, 7) is 8.48. The molecule has 0 aliphatic rings. The number of rotatable bonds is 2. The van der Waals surface area contributed by atoms with Crippen molar-refractivity contribution in [3.05, 3.63) is 46.1 Å². The van der Waals surface area contributed by atoms with Gasteiger partial charge >= 0.3 is 0 Å². The third-order valence-electron chi connectivity index (χ3n) is 3.69. The van der Waals surface area contributed by atoms with Gasteiger partial charge in [-0.3, -0.25) is 0 Å². The molecule has 0 fully saturated rings. The molecule has 0 saturated carbocycles. The Morgan fingerprint density at radius 3 is 2.40 bits per heavy atom. The highest BCUT2D eigenvalue weighted by Crippen LogP contribution is 2.34. The molecule has 0 spiro atoms. The predicted molar refractivity (Wildman–Crippen MR) is 86.1 cm³/mol. The number of hydrogen-bond donors (Lipinski definition) is 1. The molecule has 3 aromatic rings. The van der Waals surface area contributed by atoms with E-state index in [-0.39, 0.29) is 0 Å². The first kappa shape index (κ1) is 13.1. The van der Waals surface area contributed by atoms with Gasteiger partial charge in [0.05, 0.1) is 5.39 Å². The molecule has 20 heavy (non-hydrogen) atoms. The molecule has 3 rings (SSSR count). The third-order valence-corrected chi connectivity index (χ3v) is 4.81. The van der Waals surface area contributed by atoms with E-state index in [1.54, 1.807) is 17.7 Å². The van der Waals surface area contributed by atoms with Crippen LogP contribution in [0, 0.1) is 27.7 Å². The van der Waals surface area contributed by atoms with Gasteiger partial charge in [0.1, 0.15) is 17.0 Å². The summed E-state index contributed by atoms with van der Waals surface area (Å²) in [4.78, 5) is 11.2. The zero-order valence-corrected chi connectivity index (χ0v) is 12.9. The van der Waals surface area contributed by atoms with Crippen molar-refractivity contribution in [1.82, 2.24) is 9.97 Å². The van der Waals surface area contributed by atoms with E-state index in [0.29, 0.717) is 0 Å². The smallest absolute Gasteiger partial charge is 0.142 e. The van der Waals surface area contributed by atoms with E-state index in [9.17, 15) is 0 Å². The Labute approximate surface area is 122 Å². The molecule has 102 valence electrons. The molecule has 3 nitrogen and oxygen atoms in total. The van der Waals surface area contributed by atoms with Crippen LogP contribution in [0.15, 0.2) is 24.5 Å². The SMILES string of the molecule is Cc1cccc(C)c1Nc1ncnc2sc(C)c(C)c12. The standard InChI is InChI=1S/C16H17N3S/c1-9-6-5-7-10(2)14(9)19-15-13-11(3)12(4)20-16(13)18-8-17-15/h5-8H,1-4H3,(H,17,18,19). The van der Waals surface area contributed by atoms with Crippen LogP contribution >= 0.6 is 11.3 Å². The summed E-state index contributed by atoms with van der Waals surface area (Å²) in [5.74, 6) is 0.897. The molecule has 2 aromatic heterocycles.